The van der Waals surface area contributed by atoms with Crippen LogP contribution in [0, 0.1) is 22.7 Å². The fraction of sp³-hybridized carbons (Fsp3) is 0.600. The second kappa shape index (κ2) is 10.5. The highest BCUT2D eigenvalue weighted by molar-refractivity contribution is 6.16. The van der Waals surface area contributed by atoms with Gasteiger partial charge in [0.2, 0.25) is 0 Å². The molecule has 0 aromatic carbocycles. The Balaban J connectivity index is 2.21. The minimum absolute atomic E-state index is 0.0396. The zero-order valence-corrected chi connectivity index (χ0v) is 21.2. The van der Waals surface area contributed by atoms with E-state index in [9.17, 15) is 29.4 Å². The maximum absolute atomic E-state index is 12.5. The van der Waals surface area contributed by atoms with Crippen LogP contribution < -0.4 is 0 Å². The minimum atomic E-state index is -0.987. The Hall–Kier alpha value is -3.30. The molecule has 35 heavy (non-hydrogen) atoms. The molecule has 10 heteroatoms. The predicted molar refractivity (Wildman–Crippen MR) is 128 cm³/mol. The van der Waals surface area contributed by atoms with Crippen molar-refractivity contribution < 1.29 is 38.9 Å². The van der Waals surface area contributed by atoms with Crippen LogP contribution in [0.15, 0.2) is 32.6 Å². The lowest BCUT2D eigenvalue weighted by atomic mass is 9.68. The van der Waals surface area contributed by atoms with Crippen molar-refractivity contribution in [3.05, 3.63) is 22.7 Å². The van der Waals surface area contributed by atoms with Gasteiger partial charge in [0, 0.05) is 25.3 Å². The van der Waals surface area contributed by atoms with Gasteiger partial charge in [0.05, 0.1) is 38.0 Å². The first-order valence-electron chi connectivity index (χ1n) is 11.3. The Bertz CT molecular complexity index is 1030. The topological polar surface area (TPSA) is 152 Å². The number of carbonyl (C=O) groups is 4. The fourth-order valence-electron chi connectivity index (χ4n) is 4.48. The van der Waals surface area contributed by atoms with Crippen molar-refractivity contribution in [3.8, 4) is 0 Å². The summed E-state index contributed by atoms with van der Waals surface area (Å²) in [5.74, 6) is -4.68. The third kappa shape index (κ3) is 5.86. The zero-order chi connectivity index (χ0) is 26.7. The molecule has 2 N–H and O–H groups in total. The fourth-order valence-corrected chi connectivity index (χ4v) is 4.48. The number of Topliss-reactive ketones (excluding diaryl/α,β-unsaturated/α-hetero) is 2. The van der Waals surface area contributed by atoms with Crippen LogP contribution >= 0.6 is 0 Å². The molecule has 192 valence electrons. The average Bonchev–Trinajstić information content (AvgIpc) is 2.73. The third-order valence-electron chi connectivity index (χ3n) is 6.42. The molecule has 0 bridgehead atoms. The summed E-state index contributed by atoms with van der Waals surface area (Å²) in [6.07, 6.45) is 2.52. The van der Waals surface area contributed by atoms with Crippen molar-refractivity contribution in [1.29, 1.82) is 0 Å². The Morgan fingerprint density at radius 3 is 1.71 bits per heavy atom. The van der Waals surface area contributed by atoms with E-state index in [4.69, 9.17) is 9.47 Å². The number of methoxy groups -OCH3 is 2. The maximum atomic E-state index is 12.5. The van der Waals surface area contributed by atoms with E-state index in [-0.39, 0.29) is 53.6 Å². The van der Waals surface area contributed by atoms with Crippen LogP contribution in [0.2, 0.25) is 0 Å². The first kappa shape index (κ1) is 27.9. The van der Waals surface area contributed by atoms with Gasteiger partial charge in [-0.05, 0) is 17.8 Å². The van der Waals surface area contributed by atoms with Gasteiger partial charge in [-0.3, -0.25) is 29.2 Å². The number of ketones is 2. The number of carbonyl (C=O) groups excluding carboxylic acids is 4. The summed E-state index contributed by atoms with van der Waals surface area (Å²) in [5.41, 5.74) is -1.72. The number of allylic oxidation sites excluding steroid dienone is 2. The van der Waals surface area contributed by atoms with Crippen molar-refractivity contribution in [2.75, 3.05) is 20.8 Å². The highest BCUT2D eigenvalue weighted by atomic mass is 16.5. The van der Waals surface area contributed by atoms with E-state index in [2.05, 4.69) is 9.98 Å². The Morgan fingerprint density at radius 2 is 1.31 bits per heavy atom. The molecular formula is C25H34N2O8. The van der Waals surface area contributed by atoms with Gasteiger partial charge < -0.3 is 19.7 Å². The van der Waals surface area contributed by atoms with Gasteiger partial charge >= 0.3 is 11.9 Å². The van der Waals surface area contributed by atoms with Gasteiger partial charge in [0.25, 0.3) is 0 Å². The molecule has 0 unspecified atom stereocenters. The number of ether oxygens (including phenoxy) is 2. The number of rotatable bonds is 7. The molecule has 0 saturated carbocycles. The predicted octanol–water partition coefficient (Wildman–Crippen LogP) is 2.72. The Labute approximate surface area is 204 Å². The molecule has 3 atom stereocenters. The molecule has 10 nitrogen and oxygen atoms in total. The molecule has 0 aromatic heterocycles. The molecule has 0 amide bonds. The summed E-state index contributed by atoms with van der Waals surface area (Å²) in [6, 6.07) is -0.458. The largest absolute Gasteiger partial charge is 0.511 e. The first-order chi connectivity index (χ1) is 16.2. The zero-order valence-electron chi connectivity index (χ0n) is 21.2. The molecule has 0 aliphatic heterocycles. The van der Waals surface area contributed by atoms with Crippen LogP contribution in [-0.2, 0) is 28.7 Å². The summed E-state index contributed by atoms with van der Waals surface area (Å²) in [6.45, 7) is 8.62. The number of nitrogens with zero attached hydrogens (tertiary/aromatic N) is 2. The molecule has 0 spiro atoms. The lowest BCUT2D eigenvalue weighted by molar-refractivity contribution is -0.151. The number of aliphatic hydroxyl groups excluding tert-OH is 2. The van der Waals surface area contributed by atoms with Crippen molar-refractivity contribution in [1.82, 2.24) is 0 Å². The molecule has 0 saturated heterocycles. The van der Waals surface area contributed by atoms with E-state index in [0.29, 0.717) is 0 Å². The summed E-state index contributed by atoms with van der Waals surface area (Å²) in [5, 5.41) is 21.2. The standard InChI is InChI=1S/C25H34N2O8/c1-13(27-12-15-17(29)9-25(4,5)19(21(15)31)23(33)35-7)10-26-11-14-16(28)8-24(2,3)18(20(14)30)22(32)34-6/h11-13,18-19,30-31H,8-10H2,1-7H3/t13-,18+,19-/m0/s1. The monoisotopic (exact) mass is 490 g/mol. The van der Waals surface area contributed by atoms with E-state index < -0.39 is 40.6 Å². The molecule has 2 aliphatic rings. The molecule has 0 heterocycles. The van der Waals surface area contributed by atoms with Gasteiger partial charge in [-0.1, -0.05) is 27.7 Å². The van der Waals surface area contributed by atoms with Crippen LogP contribution in [0.1, 0.15) is 47.5 Å². The van der Waals surface area contributed by atoms with Gasteiger partial charge in [0.1, 0.15) is 23.4 Å². The number of hydrogen-bond acceptors (Lipinski definition) is 10. The van der Waals surface area contributed by atoms with Crippen molar-refractivity contribution in [2.45, 2.75) is 53.5 Å². The lowest BCUT2D eigenvalue weighted by Crippen LogP contribution is -2.40. The maximum Gasteiger partial charge on any atom is 0.316 e. The van der Waals surface area contributed by atoms with E-state index in [1.807, 2.05) is 0 Å². The molecule has 0 fully saturated rings. The number of hydrogen-bond donors (Lipinski definition) is 2. The van der Waals surface area contributed by atoms with Gasteiger partial charge in [-0.25, -0.2) is 0 Å². The van der Waals surface area contributed by atoms with Crippen LogP contribution in [0.3, 0.4) is 0 Å². The lowest BCUT2D eigenvalue weighted by Gasteiger charge is -2.35. The minimum Gasteiger partial charge on any atom is -0.511 e. The first-order valence-corrected chi connectivity index (χ1v) is 11.3. The molecule has 2 rings (SSSR count). The average molecular weight is 491 g/mol. The van der Waals surface area contributed by atoms with Crippen molar-refractivity contribution in [3.63, 3.8) is 0 Å². The second-order valence-electron chi connectivity index (χ2n) is 10.3. The highest BCUT2D eigenvalue weighted by Crippen LogP contribution is 2.42. The van der Waals surface area contributed by atoms with E-state index in [1.54, 1.807) is 34.6 Å². The van der Waals surface area contributed by atoms with Crippen LogP contribution in [0.25, 0.3) is 0 Å². The molecule has 0 radical (unpaired) electrons. The molecular weight excluding hydrogens is 456 g/mol. The van der Waals surface area contributed by atoms with Crippen LogP contribution in [0.5, 0.6) is 0 Å². The van der Waals surface area contributed by atoms with Gasteiger partial charge in [0.15, 0.2) is 11.6 Å². The van der Waals surface area contributed by atoms with E-state index >= 15 is 0 Å². The molecule has 0 aromatic rings. The van der Waals surface area contributed by atoms with Crippen molar-refractivity contribution >= 4 is 35.9 Å². The number of aliphatic imine (C=N–C) groups is 2. The smallest absolute Gasteiger partial charge is 0.316 e. The quantitative estimate of drug-likeness (QED) is 0.408. The summed E-state index contributed by atoms with van der Waals surface area (Å²) in [7, 11) is 2.43. The van der Waals surface area contributed by atoms with E-state index in [0.717, 1.165) is 0 Å². The third-order valence-corrected chi connectivity index (χ3v) is 6.42. The van der Waals surface area contributed by atoms with Gasteiger partial charge in [-0.2, -0.15) is 0 Å². The van der Waals surface area contributed by atoms with Crippen LogP contribution in [0.4, 0.5) is 0 Å². The van der Waals surface area contributed by atoms with E-state index in [1.165, 1.54) is 26.6 Å². The highest BCUT2D eigenvalue weighted by Gasteiger charge is 2.47. The summed E-state index contributed by atoms with van der Waals surface area (Å²) < 4.78 is 9.57. The summed E-state index contributed by atoms with van der Waals surface area (Å²) >= 11 is 0. The number of esters is 2. The Kier molecular flexibility index (Phi) is 8.41. The normalized spacial score (nSPS) is 25.3. The SMILES string of the molecule is COC(=O)[C@@H]1C(O)=C(C=N[C@@H](C)CN=CC2=C(O)[C@H](C(=O)OC)C(C)(C)CC2=O)C(=O)CC1(C)C. The van der Waals surface area contributed by atoms with Crippen LogP contribution in [-0.4, -0.2) is 73.0 Å². The second-order valence-corrected chi connectivity index (χ2v) is 10.3. The van der Waals surface area contributed by atoms with Crippen molar-refractivity contribution in [2.24, 2.45) is 32.7 Å². The number of aliphatic hydroxyl groups is 2. The summed E-state index contributed by atoms with van der Waals surface area (Å²) in [4.78, 5) is 57.8. The molecule has 2 aliphatic carbocycles. The van der Waals surface area contributed by atoms with Gasteiger partial charge in [-0.15, -0.1) is 0 Å². The Morgan fingerprint density at radius 1 is 0.914 bits per heavy atom.